The van der Waals surface area contributed by atoms with E-state index in [1.54, 1.807) is 0 Å². The van der Waals surface area contributed by atoms with Gasteiger partial charge in [0.05, 0.1) is 0 Å². The van der Waals surface area contributed by atoms with Crippen molar-refractivity contribution in [2.45, 2.75) is 11.8 Å². The van der Waals surface area contributed by atoms with Crippen molar-refractivity contribution < 1.29 is 0 Å². The van der Waals surface area contributed by atoms with E-state index in [2.05, 4.69) is 89.3 Å². The molecule has 0 aliphatic heterocycles. The Morgan fingerprint density at radius 2 is 0.952 bits per heavy atom. The molecule has 0 fully saturated rings. The summed E-state index contributed by atoms with van der Waals surface area (Å²) >= 11 is 2.43. The van der Waals surface area contributed by atoms with Crippen molar-refractivity contribution in [3.05, 3.63) is 104 Å². The minimum atomic E-state index is 0.409. The highest BCUT2D eigenvalue weighted by molar-refractivity contribution is 14.1. The van der Waals surface area contributed by atoms with Crippen LogP contribution >= 0.6 is 22.6 Å². The molecule has 21 heavy (non-hydrogen) atoms. The van der Waals surface area contributed by atoms with Gasteiger partial charge in [0.25, 0.3) is 0 Å². The van der Waals surface area contributed by atoms with Crippen molar-refractivity contribution in [1.29, 1.82) is 0 Å². The Labute approximate surface area is 138 Å². The molecule has 0 saturated heterocycles. The Morgan fingerprint density at radius 1 is 0.524 bits per heavy atom. The van der Waals surface area contributed by atoms with E-state index < -0.39 is 0 Å². The van der Waals surface area contributed by atoms with E-state index in [-0.39, 0.29) is 0 Å². The Morgan fingerprint density at radius 3 is 1.48 bits per heavy atom. The maximum Gasteiger partial charge on any atom is 0.0349 e. The fraction of sp³-hybridized carbons (Fsp3) is 0.100. The van der Waals surface area contributed by atoms with Gasteiger partial charge in [-0.15, -0.1) is 0 Å². The molecule has 0 heterocycles. The summed E-state index contributed by atoms with van der Waals surface area (Å²) in [7, 11) is 0. The number of hydrogen-bond donors (Lipinski definition) is 0. The Balaban J connectivity index is 1.92. The maximum atomic E-state index is 2.43. The smallest absolute Gasteiger partial charge is 0.0349 e. The molecule has 3 aromatic carbocycles. The van der Waals surface area contributed by atoms with Crippen LogP contribution in [0.1, 0.15) is 45.2 Å². The van der Waals surface area contributed by atoms with Gasteiger partial charge in [-0.2, -0.15) is 0 Å². The lowest BCUT2D eigenvalue weighted by Gasteiger charge is -2.42. The van der Waals surface area contributed by atoms with E-state index >= 15 is 0 Å². The lowest BCUT2D eigenvalue weighted by Crippen LogP contribution is -2.27. The molecule has 3 aliphatic carbocycles. The van der Waals surface area contributed by atoms with E-state index in [1.165, 1.54) is 37.0 Å². The zero-order valence-electron chi connectivity index (χ0n) is 11.4. The SMILES string of the molecule is Ic1ccc2c(c1)C1c3ccccc3C2c2ccccc21. The van der Waals surface area contributed by atoms with Crippen molar-refractivity contribution in [3.8, 4) is 0 Å². The fourth-order valence-electron chi connectivity index (χ4n) is 4.14. The van der Waals surface area contributed by atoms with Crippen LogP contribution in [0.5, 0.6) is 0 Å². The molecule has 0 atom stereocenters. The lowest BCUT2D eigenvalue weighted by atomic mass is 9.61. The Hall–Kier alpha value is -1.61. The summed E-state index contributed by atoms with van der Waals surface area (Å²) in [5.41, 5.74) is 8.98. The molecular formula is C20H13I. The van der Waals surface area contributed by atoms with E-state index in [0.29, 0.717) is 11.8 Å². The first kappa shape index (κ1) is 12.0. The quantitative estimate of drug-likeness (QED) is 0.321. The monoisotopic (exact) mass is 380 g/mol. The Kier molecular flexibility index (Phi) is 2.40. The summed E-state index contributed by atoms with van der Waals surface area (Å²) in [6, 6.07) is 24.9. The second kappa shape index (κ2) is 4.20. The third kappa shape index (κ3) is 1.50. The summed E-state index contributed by atoms with van der Waals surface area (Å²) in [6.07, 6.45) is 0. The molecule has 2 bridgehead atoms. The van der Waals surface area contributed by atoms with Crippen LogP contribution in [0.2, 0.25) is 0 Å². The van der Waals surface area contributed by atoms with Crippen molar-refractivity contribution in [1.82, 2.24) is 0 Å². The van der Waals surface area contributed by atoms with Crippen molar-refractivity contribution in [3.63, 3.8) is 0 Å². The molecule has 0 nitrogen and oxygen atoms in total. The van der Waals surface area contributed by atoms with E-state index in [9.17, 15) is 0 Å². The summed E-state index contributed by atoms with van der Waals surface area (Å²) in [5, 5.41) is 0. The minimum Gasteiger partial charge on any atom is -0.0619 e. The van der Waals surface area contributed by atoms with E-state index in [1.807, 2.05) is 0 Å². The summed E-state index contributed by atoms with van der Waals surface area (Å²) in [6.45, 7) is 0. The number of hydrogen-bond acceptors (Lipinski definition) is 0. The highest BCUT2D eigenvalue weighted by Crippen LogP contribution is 2.55. The van der Waals surface area contributed by atoms with Crippen molar-refractivity contribution in [2.24, 2.45) is 0 Å². The third-order valence-electron chi connectivity index (χ3n) is 4.91. The van der Waals surface area contributed by atoms with Crippen LogP contribution < -0.4 is 0 Å². The first-order valence-electron chi connectivity index (χ1n) is 7.31. The fourth-order valence-corrected chi connectivity index (χ4v) is 4.65. The Bertz CT molecular complexity index is 831. The molecule has 0 aromatic heterocycles. The van der Waals surface area contributed by atoms with Gasteiger partial charge in [-0.25, -0.2) is 0 Å². The minimum absolute atomic E-state index is 0.409. The molecule has 0 radical (unpaired) electrons. The van der Waals surface area contributed by atoms with E-state index in [4.69, 9.17) is 0 Å². The average Bonchev–Trinajstić information content (AvgIpc) is 2.54. The molecule has 0 amide bonds. The maximum absolute atomic E-state index is 2.43. The highest BCUT2D eigenvalue weighted by Gasteiger charge is 2.40. The van der Waals surface area contributed by atoms with Crippen LogP contribution in [0.4, 0.5) is 0 Å². The van der Waals surface area contributed by atoms with Gasteiger partial charge in [-0.05, 0) is 68.1 Å². The van der Waals surface area contributed by atoms with Gasteiger partial charge < -0.3 is 0 Å². The largest absolute Gasteiger partial charge is 0.0619 e. The molecule has 0 unspecified atom stereocenters. The number of rotatable bonds is 0. The summed E-state index contributed by atoms with van der Waals surface area (Å²) in [5.74, 6) is 0.821. The van der Waals surface area contributed by atoms with Crippen LogP contribution in [-0.4, -0.2) is 0 Å². The molecule has 3 aliphatic rings. The molecule has 3 aromatic rings. The van der Waals surface area contributed by atoms with Gasteiger partial charge >= 0.3 is 0 Å². The van der Waals surface area contributed by atoms with Crippen LogP contribution in [0.15, 0.2) is 66.7 Å². The predicted molar refractivity (Wildman–Crippen MR) is 93.9 cm³/mol. The van der Waals surface area contributed by atoms with Gasteiger partial charge in [-0.1, -0.05) is 54.6 Å². The van der Waals surface area contributed by atoms with Crippen LogP contribution in [0.3, 0.4) is 0 Å². The van der Waals surface area contributed by atoms with Gasteiger partial charge in [0.2, 0.25) is 0 Å². The van der Waals surface area contributed by atoms with Gasteiger partial charge in [-0.3, -0.25) is 0 Å². The molecule has 100 valence electrons. The highest BCUT2D eigenvalue weighted by atomic mass is 127. The molecule has 0 saturated carbocycles. The van der Waals surface area contributed by atoms with Crippen LogP contribution in [-0.2, 0) is 0 Å². The number of halogens is 1. The molecule has 0 spiro atoms. The zero-order valence-corrected chi connectivity index (χ0v) is 13.5. The standard InChI is InChI=1S/C20H13I/c21-12-9-10-17-18(11-12)20-15-7-3-1-5-13(15)19(17)14-6-2-4-8-16(14)20/h1-11,19-20H. The van der Waals surface area contributed by atoms with Gasteiger partial charge in [0.1, 0.15) is 0 Å². The molecular weight excluding hydrogens is 367 g/mol. The second-order valence-electron chi connectivity index (χ2n) is 5.90. The normalized spacial score (nSPS) is 20.6. The molecule has 6 rings (SSSR count). The predicted octanol–water partition coefficient (Wildman–Crippen LogP) is 5.28. The molecule has 1 heteroatoms. The number of benzene rings is 3. The summed E-state index contributed by atoms with van der Waals surface area (Å²) < 4.78 is 1.33. The van der Waals surface area contributed by atoms with Crippen molar-refractivity contribution >= 4 is 22.6 Å². The molecule has 0 N–H and O–H groups in total. The van der Waals surface area contributed by atoms with Crippen LogP contribution in [0, 0.1) is 3.57 Å². The summed E-state index contributed by atoms with van der Waals surface area (Å²) in [4.78, 5) is 0. The topological polar surface area (TPSA) is 0 Å². The first-order valence-corrected chi connectivity index (χ1v) is 8.39. The third-order valence-corrected chi connectivity index (χ3v) is 5.58. The average molecular weight is 380 g/mol. The van der Waals surface area contributed by atoms with Gasteiger partial charge in [0, 0.05) is 15.4 Å². The van der Waals surface area contributed by atoms with Gasteiger partial charge in [0.15, 0.2) is 0 Å². The zero-order chi connectivity index (χ0) is 14.0. The first-order chi connectivity index (χ1) is 10.3. The van der Waals surface area contributed by atoms with Crippen LogP contribution in [0.25, 0.3) is 0 Å². The van der Waals surface area contributed by atoms with E-state index in [0.717, 1.165) is 0 Å². The van der Waals surface area contributed by atoms with Crippen molar-refractivity contribution in [2.75, 3.05) is 0 Å². The second-order valence-corrected chi connectivity index (χ2v) is 7.14. The lowest BCUT2D eigenvalue weighted by molar-refractivity contribution is 0.753.